The van der Waals surface area contributed by atoms with Crippen molar-refractivity contribution in [3.05, 3.63) is 66.8 Å². The number of carbonyl (C=O) groups is 1. The molecule has 0 unspecified atom stereocenters. The number of imidazole rings is 1. The number of nitriles is 1. The van der Waals surface area contributed by atoms with Gasteiger partial charge in [0.05, 0.1) is 27.2 Å². The molecule has 0 aliphatic heterocycles. The third kappa shape index (κ3) is 6.08. The number of hydrogen-bond donors (Lipinski definition) is 0. The van der Waals surface area contributed by atoms with Crippen molar-refractivity contribution in [2.75, 3.05) is 6.61 Å². The monoisotopic (exact) mass is 605 g/mol. The number of fused-ring (bicyclic) bond motifs is 1. The van der Waals surface area contributed by atoms with Crippen LogP contribution in [0.3, 0.4) is 0 Å². The first-order chi connectivity index (χ1) is 16.6. The Labute approximate surface area is 218 Å². The molecule has 6 nitrogen and oxygen atoms in total. The smallest absolute Gasteiger partial charge is 0.361 e. The molecule has 0 spiro atoms. The van der Waals surface area contributed by atoms with E-state index in [0.717, 1.165) is 28.8 Å². The third-order valence-corrected chi connectivity index (χ3v) is 7.98. The van der Waals surface area contributed by atoms with Crippen LogP contribution in [0.4, 0.5) is 17.6 Å². The van der Waals surface area contributed by atoms with E-state index in [-0.39, 0.29) is 43.8 Å². The van der Waals surface area contributed by atoms with Crippen molar-refractivity contribution in [2.45, 2.75) is 45.1 Å². The fraction of sp³-hybridized carbons (Fsp3) is 0.348. The number of carbonyl (C=O) groups excluding carboxylic acids is 1. The summed E-state index contributed by atoms with van der Waals surface area (Å²) in [6, 6.07) is 6.84. The van der Waals surface area contributed by atoms with Gasteiger partial charge in [-0.3, -0.25) is 13.9 Å². The van der Waals surface area contributed by atoms with Crippen LogP contribution in [-0.2, 0) is 18.0 Å². The van der Waals surface area contributed by atoms with Crippen LogP contribution in [0, 0.1) is 17.1 Å². The molecule has 192 valence electrons. The zero-order chi connectivity index (χ0) is 27.0. The average Bonchev–Trinajstić information content (AvgIpc) is 3.00. The van der Waals surface area contributed by atoms with E-state index in [2.05, 4.69) is 35.6 Å². The SMILES string of the molecule is C[Si](C)(C)CCOCn1c(=O)n(CC(F)(F)F)c2cc(Br)c(C(=O)c3cc(F)ccc3Cl)c(C#N)c21. The molecule has 0 saturated carbocycles. The molecule has 0 amide bonds. The highest BCUT2D eigenvalue weighted by atomic mass is 79.9. The van der Waals surface area contributed by atoms with Crippen LogP contribution in [0.15, 0.2) is 33.5 Å². The van der Waals surface area contributed by atoms with Gasteiger partial charge in [-0.05, 0) is 46.2 Å². The molecule has 0 fully saturated rings. The molecular formula is C23H21BrClF4N3O3Si. The van der Waals surface area contributed by atoms with Gasteiger partial charge in [0.25, 0.3) is 0 Å². The molecule has 0 bridgehead atoms. The number of aromatic nitrogens is 2. The molecule has 13 heteroatoms. The van der Waals surface area contributed by atoms with Gasteiger partial charge in [0.15, 0.2) is 5.78 Å². The lowest BCUT2D eigenvalue weighted by atomic mass is 9.97. The standard InChI is InChI=1S/C23H21BrClF4N3O3Si/c1-36(2,3)7-6-35-12-32-20-15(10-30)19(21(33)14-8-13(26)4-5-17(14)25)16(24)9-18(20)31(22(32)34)11-23(27,28)29/h4-5,8-9H,6-7,11-12H2,1-3H3. The highest BCUT2D eigenvalue weighted by Crippen LogP contribution is 2.33. The molecule has 0 atom stereocenters. The first-order valence-electron chi connectivity index (χ1n) is 10.6. The second-order valence-electron chi connectivity index (χ2n) is 9.30. The van der Waals surface area contributed by atoms with Crippen molar-refractivity contribution >= 4 is 52.4 Å². The van der Waals surface area contributed by atoms with Crippen LogP contribution in [-0.4, -0.2) is 35.8 Å². The minimum Gasteiger partial charge on any atom is -0.361 e. The lowest BCUT2D eigenvalue weighted by Crippen LogP contribution is -2.30. The number of rotatable bonds is 8. The van der Waals surface area contributed by atoms with Gasteiger partial charge < -0.3 is 4.74 Å². The summed E-state index contributed by atoms with van der Waals surface area (Å²) in [4.78, 5) is 26.4. The number of ketones is 1. The minimum atomic E-state index is -4.73. The Bertz CT molecular complexity index is 1440. The van der Waals surface area contributed by atoms with Crippen LogP contribution in [0.25, 0.3) is 11.0 Å². The minimum absolute atomic E-state index is 0.0513. The van der Waals surface area contributed by atoms with E-state index < -0.39 is 44.8 Å². The molecule has 0 N–H and O–H groups in total. The van der Waals surface area contributed by atoms with E-state index in [9.17, 15) is 32.4 Å². The molecule has 3 aromatic rings. The summed E-state index contributed by atoms with van der Waals surface area (Å²) in [7, 11) is -1.50. The molecule has 1 aromatic heterocycles. The largest absolute Gasteiger partial charge is 0.406 e. The van der Waals surface area contributed by atoms with Gasteiger partial charge in [0.2, 0.25) is 0 Å². The summed E-state index contributed by atoms with van der Waals surface area (Å²) < 4.78 is 60.7. The zero-order valence-corrected chi connectivity index (χ0v) is 22.8. The molecule has 2 aromatic carbocycles. The van der Waals surface area contributed by atoms with Crippen LogP contribution >= 0.6 is 27.5 Å². The van der Waals surface area contributed by atoms with Crippen molar-refractivity contribution in [3.8, 4) is 6.07 Å². The van der Waals surface area contributed by atoms with Crippen molar-refractivity contribution < 1.29 is 27.1 Å². The Morgan fingerprint density at radius 2 is 1.89 bits per heavy atom. The van der Waals surface area contributed by atoms with Crippen molar-refractivity contribution in [3.63, 3.8) is 0 Å². The van der Waals surface area contributed by atoms with E-state index >= 15 is 0 Å². The van der Waals surface area contributed by atoms with Gasteiger partial charge in [0, 0.05) is 24.7 Å². The topological polar surface area (TPSA) is 77.0 Å². The van der Waals surface area contributed by atoms with Gasteiger partial charge in [-0.15, -0.1) is 0 Å². The van der Waals surface area contributed by atoms with Crippen LogP contribution in [0.5, 0.6) is 0 Å². The normalized spacial score (nSPS) is 12.2. The molecule has 1 heterocycles. The number of halogens is 6. The Balaban J connectivity index is 2.26. The Morgan fingerprint density at radius 3 is 2.47 bits per heavy atom. The summed E-state index contributed by atoms with van der Waals surface area (Å²) in [6.07, 6.45) is -4.73. The Hall–Kier alpha value is -2.46. The number of nitrogens with zero attached hydrogens (tertiary/aromatic N) is 3. The van der Waals surface area contributed by atoms with Crippen molar-refractivity contribution in [2.24, 2.45) is 0 Å². The Morgan fingerprint density at radius 1 is 1.22 bits per heavy atom. The maximum atomic E-state index is 13.8. The van der Waals surface area contributed by atoms with E-state index in [0.29, 0.717) is 4.57 Å². The van der Waals surface area contributed by atoms with Gasteiger partial charge in [-0.1, -0.05) is 31.2 Å². The van der Waals surface area contributed by atoms with E-state index in [1.807, 2.05) is 6.07 Å². The summed E-state index contributed by atoms with van der Waals surface area (Å²) in [5.74, 6) is -1.59. The van der Waals surface area contributed by atoms with Gasteiger partial charge >= 0.3 is 11.9 Å². The lowest BCUT2D eigenvalue weighted by molar-refractivity contribution is -0.140. The molecule has 0 saturated heterocycles. The lowest BCUT2D eigenvalue weighted by Gasteiger charge is -2.16. The number of alkyl halides is 3. The summed E-state index contributed by atoms with van der Waals surface area (Å²) in [6.45, 7) is 4.56. The third-order valence-electron chi connectivity index (χ3n) is 5.32. The van der Waals surface area contributed by atoms with E-state index in [1.165, 1.54) is 6.07 Å². The van der Waals surface area contributed by atoms with Gasteiger partial charge in [-0.25, -0.2) is 9.18 Å². The maximum Gasteiger partial charge on any atom is 0.406 e. The predicted molar refractivity (Wildman–Crippen MR) is 134 cm³/mol. The predicted octanol–water partition coefficient (Wildman–Crippen LogP) is 6.34. The fourth-order valence-corrected chi connectivity index (χ4v) is 5.13. The first kappa shape index (κ1) is 28.1. The van der Waals surface area contributed by atoms with E-state index in [1.54, 1.807) is 0 Å². The number of hydrogen-bond acceptors (Lipinski definition) is 4. The Kier molecular flexibility index (Phi) is 8.19. The molecule has 0 radical (unpaired) electrons. The summed E-state index contributed by atoms with van der Waals surface area (Å²) in [5.41, 5.74) is -2.33. The van der Waals surface area contributed by atoms with Crippen LogP contribution < -0.4 is 5.69 Å². The number of ether oxygens (including phenoxy) is 1. The molecule has 36 heavy (non-hydrogen) atoms. The van der Waals surface area contributed by atoms with E-state index in [4.69, 9.17) is 16.3 Å². The fourth-order valence-electron chi connectivity index (χ4n) is 3.57. The zero-order valence-electron chi connectivity index (χ0n) is 19.5. The van der Waals surface area contributed by atoms with Gasteiger partial charge in [0.1, 0.15) is 25.2 Å². The molecular weight excluding hydrogens is 586 g/mol. The van der Waals surface area contributed by atoms with Gasteiger partial charge in [-0.2, -0.15) is 18.4 Å². The first-order valence-corrected chi connectivity index (χ1v) is 15.5. The molecule has 3 rings (SSSR count). The molecule has 0 aliphatic carbocycles. The second-order valence-corrected chi connectivity index (χ2v) is 16.2. The summed E-state index contributed by atoms with van der Waals surface area (Å²) >= 11 is 9.22. The number of benzene rings is 2. The van der Waals surface area contributed by atoms with Crippen molar-refractivity contribution in [1.29, 1.82) is 5.26 Å². The van der Waals surface area contributed by atoms with Crippen LogP contribution in [0.1, 0.15) is 21.5 Å². The van der Waals surface area contributed by atoms with Crippen molar-refractivity contribution in [1.82, 2.24) is 9.13 Å². The highest BCUT2D eigenvalue weighted by Gasteiger charge is 2.33. The average molecular weight is 607 g/mol. The maximum absolute atomic E-state index is 13.8. The molecule has 0 aliphatic rings. The quantitative estimate of drug-likeness (QED) is 0.130. The highest BCUT2D eigenvalue weighted by molar-refractivity contribution is 9.10. The summed E-state index contributed by atoms with van der Waals surface area (Å²) in [5, 5.41) is 9.90. The second kappa shape index (κ2) is 10.5. The van der Waals surface area contributed by atoms with Crippen LogP contribution in [0.2, 0.25) is 30.7 Å².